The molecule has 0 saturated heterocycles. The predicted octanol–water partition coefficient (Wildman–Crippen LogP) is 3.91. The highest BCUT2D eigenvalue weighted by Crippen LogP contribution is 2.16. The van der Waals surface area contributed by atoms with Crippen LogP contribution < -0.4 is 15.4 Å². The number of methoxy groups -OCH3 is 1. The van der Waals surface area contributed by atoms with Crippen LogP contribution in [0.1, 0.15) is 24.5 Å². The monoisotopic (exact) mass is 406 g/mol. The van der Waals surface area contributed by atoms with Crippen molar-refractivity contribution in [2.75, 3.05) is 26.9 Å². The molecule has 0 atom stereocenters. The number of nitrogens with one attached hydrogen (secondary N) is 2. The lowest BCUT2D eigenvalue weighted by molar-refractivity contribution is 0.145. The summed E-state index contributed by atoms with van der Waals surface area (Å²) in [5.74, 6) is 1.63. The van der Waals surface area contributed by atoms with Crippen LogP contribution in [-0.2, 0) is 17.8 Å². The summed E-state index contributed by atoms with van der Waals surface area (Å²) in [6.07, 6.45) is 2.78. The van der Waals surface area contributed by atoms with Crippen molar-refractivity contribution in [3.05, 3.63) is 71.9 Å². The zero-order valence-electron chi connectivity index (χ0n) is 17.7. The lowest BCUT2D eigenvalue weighted by atomic mass is 10.1. The van der Waals surface area contributed by atoms with Crippen LogP contribution in [-0.4, -0.2) is 37.8 Å². The molecule has 0 spiro atoms. The summed E-state index contributed by atoms with van der Waals surface area (Å²) in [7, 11) is 1.67. The zero-order chi connectivity index (χ0) is 21.0. The second-order valence-electron chi connectivity index (χ2n) is 6.83. The van der Waals surface area contributed by atoms with Gasteiger partial charge in [0.25, 0.3) is 0 Å². The standard InChI is InChI=1S/C24H30N4O2/c1-3-30-16-6-14-26-24(27-17-19-9-11-21(29-2)12-10-19)28-18-20-13-15-25-23-8-5-4-7-22(20)23/h4-5,7-13,15H,3,6,14,16-18H2,1-2H3,(H2,26,27,28). The number of pyridine rings is 1. The maximum absolute atomic E-state index is 5.42. The van der Waals surface area contributed by atoms with E-state index in [0.717, 1.165) is 54.4 Å². The van der Waals surface area contributed by atoms with E-state index in [1.165, 1.54) is 5.56 Å². The molecule has 0 aliphatic carbocycles. The molecule has 158 valence electrons. The van der Waals surface area contributed by atoms with Gasteiger partial charge in [0.1, 0.15) is 5.75 Å². The van der Waals surface area contributed by atoms with E-state index in [4.69, 9.17) is 14.5 Å². The maximum atomic E-state index is 5.42. The summed E-state index contributed by atoms with van der Waals surface area (Å²) >= 11 is 0. The maximum Gasteiger partial charge on any atom is 0.191 e. The third-order valence-electron chi connectivity index (χ3n) is 4.73. The molecule has 2 aromatic carbocycles. The van der Waals surface area contributed by atoms with Gasteiger partial charge in [-0.25, -0.2) is 4.99 Å². The number of rotatable bonds is 10. The molecule has 3 aromatic rings. The van der Waals surface area contributed by atoms with Crippen LogP contribution in [0.5, 0.6) is 5.75 Å². The highest BCUT2D eigenvalue weighted by atomic mass is 16.5. The Balaban J connectivity index is 1.66. The van der Waals surface area contributed by atoms with Crippen molar-refractivity contribution in [3.8, 4) is 5.75 Å². The Labute approximate surface area is 178 Å². The number of fused-ring (bicyclic) bond motifs is 1. The Morgan fingerprint density at radius 1 is 1.03 bits per heavy atom. The van der Waals surface area contributed by atoms with Crippen LogP contribution in [0.3, 0.4) is 0 Å². The lowest BCUT2D eigenvalue weighted by Gasteiger charge is -2.14. The molecule has 0 amide bonds. The largest absolute Gasteiger partial charge is 0.497 e. The number of hydrogen-bond donors (Lipinski definition) is 2. The Kier molecular flexibility index (Phi) is 8.47. The van der Waals surface area contributed by atoms with Crippen LogP contribution in [0.15, 0.2) is 65.8 Å². The van der Waals surface area contributed by atoms with Gasteiger partial charge in [-0.15, -0.1) is 0 Å². The fraction of sp³-hybridized carbons (Fsp3) is 0.333. The molecular weight excluding hydrogens is 376 g/mol. The summed E-state index contributed by atoms with van der Waals surface area (Å²) in [4.78, 5) is 9.20. The minimum atomic E-state index is 0.585. The van der Waals surface area contributed by atoms with Crippen molar-refractivity contribution in [2.45, 2.75) is 26.4 Å². The first-order valence-corrected chi connectivity index (χ1v) is 10.4. The minimum Gasteiger partial charge on any atom is -0.497 e. The van der Waals surface area contributed by atoms with Gasteiger partial charge in [-0.2, -0.15) is 0 Å². The van der Waals surface area contributed by atoms with E-state index in [0.29, 0.717) is 13.1 Å². The van der Waals surface area contributed by atoms with Crippen LogP contribution in [0, 0.1) is 0 Å². The molecular formula is C24H30N4O2. The van der Waals surface area contributed by atoms with Gasteiger partial charge in [0.05, 0.1) is 19.2 Å². The Bertz CT molecular complexity index is 936. The third-order valence-corrected chi connectivity index (χ3v) is 4.73. The van der Waals surface area contributed by atoms with Gasteiger partial charge in [0.15, 0.2) is 5.96 Å². The number of aromatic nitrogens is 1. The van der Waals surface area contributed by atoms with Crippen molar-refractivity contribution < 1.29 is 9.47 Å². The minimum absolute atomic E-state index is 0.585. The molecule has 0 bridgehead atoms. The van der Waals surface area contributed by atoms with Gasteiger partial charge in [0.2, 0.25) is 0 Å². The molecule has 0 unspecified atom stereocenters. The van der Waals surface area contributed by atoms with E-state index in [1.807, 2.05) is 61.7 Å². The molecule has 0 aliphatic rings. The average molecular weight is 407 g/mol. The molecule has 0 radical (unpaired) electrons. The van der Waals surface area contributed by atoms with Crippen molar-refractivity contribution in [1.82, 2.24) is 15.6 Å². The SMILES string of the molecule is CCOCCCNC(=NCc1ccc(OC)cc1)NCc1ccnc2ccccc12. The molecule has 30 heavy (non-hydrogen) atoms. The fourth-order valence-electron chi connectivity index (χ4n) is 3.09. The molecule has 0 aliphatic heterocycles. The second-order valence-corrected chi connectivity index (χ2v) is 6.83. The number of hydrogen-bond acceptors (Lipinski definition) is 4. The van der Waals surface area contributed by atoms with Gasteiger partial charge in [-0.05, 0) is 48.7 Å². The number of aliphatic imine (C=N–C) groups is 1. The topological polar surface area (TPSA) is 67.8 Å². The van der Waals surface area contributed by atoms with E-state index >= 15 is 0 Å². The summed E-state index contributed by atoms with van der Waals surface area (Å²) in [5, 5.41) is 8.02. The number of para-hydroxylation sites is 1. The summed E-state index contributed by atoms with van der Waals surface area (Å²) in [5.41, 5.74) is 3.31. The van der Waals surface area contributed by atoms with Gasteiger partial charge in [-0.3, -0.25) is 4.98 Å². The second kappa shape index (κ2) is 11.8. The molecule has 1 aromatic heterocycles. The highest BCUT2D eigenvalue weighted by molar-refractivity contribution is 5.83. The third kappa shape index (κ3) is 6.46. The molecule has 6 nitrogen and oxygen atoms in total. The Morgan fingerprint density at radius 3 is 2.67 bits per heavy atom. The lowest BCUT2D eigenvalue weighted by Crippen LogP contribution is -2.37. The van der Waals surface area contributed by atoms with Gasteiger partial charge < -0.3 is 20.1 Å². The quantitative estimate of drug-likeness (QED) is 0.304. The summed E-state index contributed by atoms with van der Waals surface area (Å²) in [6, 6.07) is 18.2. The van der Waals surface area contributed by atoms with Gasteiger partial charge in [-0.1, -0.05) is 30.3 Å². The van der Waals surface area contributed by atoms with Gasteiger partial charge >= 0.3 is 0 Å². The summed E-state index contributed by atoms with van der Waals surface area (Å²) < 4.78 is 10.7. The molecule has 6 heteroatoms. The first-order chi connectivity index (χ1) is 14.8. The number of ether oxygens (including phenoxy) is 2. The van der Waals surface area contributed by atoms with Crippen molar-refractivity contribution in [2.24, 2.45) is 4.99 Å². The Hall–Kier alpha value is -3.12. The van der Waals surface area contributed by atoms with Gasteiger partial charge in [0, 0.05) is 37.9 Å². The van der Waals surface area contributed by atoms with Crippen LogP contribution in [0.4, 0.5) is 0 Å². The van der Waals surface area contributed by atoms with E-state index in [-0.39, 0.29) is 0 Å². The van der Waals surface area contributed by atoms with E-state index in [2.05, 4.69) is 21.7 Å². The number of guanidine groups is 1. The smallest absolute Gasteiger partial charge is 0.191 e. The van der Waals surface area contributed by atoms with Crippen molar-refractivity contribution >= 4 is 16.9 Å². The Morgan fingerprint density at radius 2 is 1.87 bits per heavy atom. The summed E-state index contributed by atoms with van der Waals surface area (Å²) in [6.45, 7) is 5.54. The van der Waals surface area contributed by atoms with Crippen LogP contribution in [0.25, 0.3) is 10.9 Å². The fourth-order valence-corrected chi connectivity index (χ4v) is 3.09. The predicted molar refractivity (Wildman–Crippen MR) is 122 cm³/mol. The highest BCUT2D eigenvalue weighted by Gasteiger charge is 2.04. The number of nitrogens with zero attached hydrogens (tertiary/aromatic N) is 2. The first kappa shape index (κ1) is 21.6. The first-order valence-electron chi connectivity index (χ1n) is 10.4. The zero-order valence-corrected chi connectivity index (χ0v) is 17.7. The molecule has 2 N–H and O–H groups in total. The van der Waals surface area contributed by atoms with E-state index in [1.54, 1.807) is 7.11 Å². The molecule has 1 heterocycles. The van der Waals surface area contributed by atoms with E-state index in [9.17, 15) is 0 Å². The number of benzene rings is 2. The van der Waals surface area contributed by atoms with Crippen molar-refractivity contribution in [3.63, 3.8) is 0 Å². The molecule has 0 saturated carbocycles. The van der Waals surface area contributed by atoms with Crippen LogP contribution >= 0.6 is 0 Å². The normalized spacial score (nSPS) is 11.5. The molecule has 0 fully saturated rings. The van der Waals surface area contributed by atoms with E-state index < -0.39 is 0 Å². The average Bonchev–Trinajstić information content (AvgIpc) is 2.80. The van der Waals surface area contributed by atoms with Crippen LogP contribution in [0.2, 0.25) is 0 Å². The molecule has 3 rings (SSSR count). The van der Waals surface area contributed by atoms with Crippen molar-refractivity contribution in [1.29, 1.82) is 0 Å².